The lowest BCUT2D eigenvalue weighted by molar-refractivity contribution is -0.298. The number of esters is 2. The molecule has 6 atom stereocenters. The molecule has 0 aromatic heterocycles. The summed E-state index contributed by atoms with van der Waals surface area (Å²) in [7, 11) is 0. The second-order valence-electron chi connectivity index (χ2n) is 12.7. The third-order valence-electron chi connectivity index (χ3n) is 8.36. The molecule has 274 valence electrons. The lowest BCUT2D eigenvalue weighted by Gasteiger charge is -2.38. The fourth-order valence-corrected chi connectivity index (χ4v) is 5.39. The van der Waals surface area contributed by atoms with E-state index in [0.29, 0.717) is 12.8 Å². The summed E-state index contributed by atoms with van der Waals surface area (Å²) in [6, 6.07) is 0. The molecule has 47 heavy (non-hydrogen) atoms. The number of aliphatic carboxylic acids is 1. The monoisotopic (exact) mass is 672 g/mol. The largest absolute Gasteiger partial charge is 0.479 e. The molecule has 11 nitrogen and oxygen atoms in total. The van der Waals surface area contributed by atoms with Crippen molar-refractivity contribution in [3.05, 3.63) is 12.2 Å². The van der Waals surface area contributed by atoms with E-state index in [-0.39, 0.29) is 26.1 Å². The van der Waals surface area contributed by atoms with E-state index in [9.17, 15) is 34.8 Å². The summed E-state index contributed by atoms with van der Waals surface area (Å²) in [5.41, 5.74) is 0. The number of rotatable bonds is 29. The van der Waals surface area contributed by atoms with Gasteiger partial charge in [-0.1, -0.05) is 116 Å². The fraction of sp³-hybridized carbons (Fsp3) is 0.861. The molecular weight excluding hydrogens is 608 g/mol. The Morgan fingerprint density at radius 1 is 0.638 bits per heavy atom. The van der Waals surface area contributed by atoms with Gasteiger partial charge in [-0.05, 0) is 32.1 Å². The highest BCUT2D eigenvalue weighted by molar-refractivity contribution is 5.73. The lowest BCUT2D eigenvalue weighted by Crippen LogP contribution is -2.60. The maximum Gasteiger partial charge on any atom is 0.335 e. The standard InChI is InChI=1S/C36H64O11/c1-3-5-7-9-11-13-15-17-18-20-22-24-29(37)44-26-28(27-45-36-33(41)31(39)32(40)34(47-36)35(42)43)46-30(38)25-23-21-19-16-14-12-10-8-6-4-2/h9,11,28,31-34,36,39-41H,3-8,10,12-27H2,1-2H3,(H,42,43)/b11-9-. The topological polar surface area (TPSA) is 169 Å². The first-order valence-electron chi connectivity index (χ1n) is 18.2. The number of allylic oxidation sites excluding steroid dienone is 2. The number of carboxylic acids is 1. The van der Waals surface area contributed by atoms with E-state index in [0.717, 1.165) is 57.8 Å². The Kier molecular flexibility index (Phi) is 25.5. The third kappa shape index (κ3) is 20.8. The maximum absolute atomic E-state index is 12.6. The van der Waals surface area contributed by atoms with E-state index in [1.54, 1.807) is 0 Å². The van der Waals surface area contributed by atoms with Crippen LogP contribution in [0.4, 0.5) is 0 Å². The van der Waals surface area contributed by atoms with Crippen LogP contribution in [-0.2, 0) is 33.3 Å². The predicted octanol–water partition coefficient (Wildman–Crippen LogP) is 6.14. The summed E-state index contributed by atoms with van der Waals surface area (Å²) < 4.78 is 21.5. The van der Waals surface area contributed by atoms with Crippen LogP contribution < -0.4 is 0 Å². The van der Waals surface area contributed by atoms with Crippen molar-refractivity contribution < 1.29 is 53.8 Å². The summed E-state index contributed by atoms with van der Waals surface area (Å²) in [4.78, 5) is 36.4. The van der Waals surface area contributed by atoms with Gasteiger partial charge in [-0.2, -0.15) is 0 Å². The zero-order chi connectivity index (χ0) is 34.7. The van der Waals surface area contributed by atoms with Crippen molar-refractivity contribution in [2.45, 2.75) is 185 Å². The first-order valence-corrected chi connectivity index (χ1v) is 18.2. The zero-order valence-electron chi connectivity index (χ0n) is 29.0. The molecule has 1 saturated heterocycles. The molecule has 1 rings (SSSR count). The van der Waals surface area contributed by atoms with E-state index in [4.69, 9.17) is 18.9 Å². The molecule has 6 unspecified atom stereocenters. The number of aliphatic hydroxyl groups excluding tert-OH is 3. The Morgan fingerprint density at radius 3 is 1.72 bits per heavy atom. The average Bonchev–Trinajstić information content (AvgIpc) is 3.05. The Balaban J connectivity index is 2.48. The zero-order valence-corrected chi connectivity index (χ0v) is 29.0. The number of carbonyl (C=O) groups excluding carboxylic acids is 2. The molecule has 1 fully saturated rings. The molecule has 0 aliphatic carbocycles. The van der Waals surface area contributed by atoms with Crippen molar-refractivity contribution in [3.63, 3.8) is 0 Å². The van der Waals surface area contributed by atoms with Crippen molar-refractivity contribution in [1.29, 1.82) is 0 Å². The molecule has 0 aromatic rings. The number of carbonyl (C=O) groups is 3. The van der Waals surface area contributed by atoms with Gasteiger partial charge < -0.3 is 39.4 Å². The Morgan fingerprint density at radius 2 is 1.15 bits per heavy atom. The van der Waals surface area contributed by atoms with Gasteiger partial charge in [0.25, 0.3) is 0 Å². The van der Waals surface area contributed by atoms with Crippen molar-refractivity contribution in [2.75, 3.05) is 13.2 Å². The molecule has 1 aliphatic heterocycles. The minimum atomic E-state index is -1.86. The average molecular weight is 673 g/mol. The second-order valence-corrected chi connectivity index (χ2v) is 12.7. The molecule has 1 heterocycles. The van der Waals surface area contributed by atoms with Gasteiger partial charge in [0, 0.05) is 12.8 Å². The molecule has 11 heteroatoms. The quantitative estimate of drug-likeness (QED) is 0.0409. The summed E-state index contributed by atoms with van der Waals surface area (Å²) in [6.07, 6.45) is 15.7. The highest BCUT2D eigenvalue weighted by atomic mass is 16.7. The number of carboxylic acid groups (broad SMARTS) is 1. The first kappa shape index (κ1) is 43.0. The van der Waals surface area contributed by atoms with Gasteiger partial charge in [0.05, 0.1) is 6.61 Å². The van der Waals surface area contributed by atoms with E-state index in [2.05, 4.69) is 26.0 Å². The summed E-state index contributed by atoms with van der Waals surface area (Å²) in [6.45, 7) is 3.71. The normalized spacial score (nSPS) is 21.9. The summed E-state index contributed by atoms with van der Waals surface area (Å²) >= 11 is 0. The van der Waals surface area contributed by atoms with Crippen LogP contribution in [0.5, 0.6) is 0 Å². The van der Waals surface area contributed by atoms with Gasteiger partial charge >= 0.3 is 17.9 Å². The Hall–Kier alpha value is -2.05. The highest BCUT2D eigenvalue weighted by Crippen LogP contribution is 2.23. The number of hydrogen-bond donors (Lipinski definition) is 4. The van der Waals surface area contributed by atoms with Crippen molar-refractivity contribution in [1.82, 2.24) is 0 Å². The van der Waals surface area contributed by atoms with Crippen molar-refractivity contribution in [2.24, 2.45) is 0 Å². The molecule has 0 bridgehead atoms. The van der Waals surface area contributed by atoms with Crippen LogP contribution in [-0.4, -0.2) is 88.4 Å². The van der Waals surface area contributed by atoms with Gasteiger partial charge in [-0.3, -0.25) is 9.59 Å². The smallest absolute Gasteiger partial charge is 0.335 e. The molecule has 1 aliphatic rings. The van der Waals surface area contributed by atoms with Gasteiger partial charge in [0.15, 0.2) is 18.5 Å². The molecular formula is C36H64O11. The molecule has 0 radical (unpaired) electrons. The van der Waals surface area contributed by atoms with Gasteiger partial charge in [0.2, 0.25) is 0 Å². The number of unbranched alkanes of at least 4 members (excludes halogenated alkanes) is 16. The molecule has 4 N–H and O–H groups in total. The van der Waals surface area contributed by atoms with Crippen LogP contribution in [0.1, 0.15) is 149 Å². The number of ether oxygens (including phenoxy) is 4. The van der Waals surface area contributed by atoms with Crippen molar-refractivity contribution in [3.8, 4) is 0 Å². The van der Waals surface area contributed by atoms with Crippen LogP contribution in [0.3, 0.4) is 0 Å². The molecule has 0 amide bonds. The van der Waals surface area contributed by atoms with E-state index >= 15 is 0 Å². The summed E-state index contributed by atoms with van der Waals surface area (Å²) in [5, 5.41) is 39.5. The maximum atomic E-state index is 12.6. The van der Waals surface area contributed by atoms with Crippen molar-refractivity contribution >= 4 is 17.9 Å². The van der Waals surface area contributed by atoms with Crippen LogP contribution in [0.2, 0.25) is 0 Å². The van der Waals surface area contributed by atoms with Gasteiger partial charge in [0.1, 0.15) is 24.9 Å². The van der Waals surface area contributed by atoms with E-state index in [1.165, 1.54) is 51.4 Å². The first-order chi connectivity index (χ1) is 22.7. The van der Waals surface area contributed by atoms with Gasteiger partial charge in [-0.15, -0.1) is 0 Å². The van der Waals surface area contributed by atoms with Crippen LogP contribution in [0.15, 0.2) is 12.2 Å². The second kappa shape index (κ2) is 27.9. The molecule has 0 aromatic carbocycles. The highest BCUT2D eigenvalue weighted by Gasteiger charge is 2.47. The molecule has 0 spiro atoms. The number of hydrogen-bond acceptors (Lipinski definition) is 10. The SMILES string of the molecule is CCCC/C=C\CCCCCCCC(=O)OCC(COC1OC(C(=O)O)C(O)C(O)C1O)OC(=O)CCCCCCCCCCCC. The van der Waals surface area contributed by atoms with Crippen LogP contribution in [0, 0.1) is 0 Å². The fourth-order valence-electron chi connectivity index (χ4n) is 5.39. The van der Waals surface area contributed by atoms with E-state index in [1.807, 2.05) is 0 Å². The van der Waals surface area contributed by atoms with E-state index < -0.39 is 54.7 Å². The number of aliphatic hydroxyl groups is 3. The Labute approximate surface area is 282 Å². The lowest BCUT2D eigenvalue weighted by atomic mass is 9.99. The van der Waals surface area contributed by atoms with Crippen LogP contribution in [0.25, 0.3) is 0 Å². The third-order valence-corrected chi connectivity index (χ3v) is 8.36. The minimum absolute atomic E-state index is 0.185. The van der Waals surface area contributed by atoms with Crippen LogP contribution >= 0.6 is 0 Å². The Bertz CT molecular complexity index is 849. The summed E-state index contributed by atoms with van der Waals surface area (Å²) in [5.74, 6) is -2.46. The molecule has 0 saturated carbocycles. The predicted molar refractivity (Wildman–Crippen MR) is 179 cm³/mol. The minimum Gasteiger partial charge on any atom is -0.479 e. The van der Waals surface area contributed by atoms with Gasteiger partial charge in [-0.25, -0.2) is 4.79 Å².